The van der Waals surface area contributed by atoms with Crippen LogP contribution in [0.25, 0.3) is 0 Å². The Morgan fingerprint density at radius 3 is 2.45 bits per heavy atom. The molecule has 5 nitrogen and oxygen atoms in total. The highest BCUT2D eigenvalue weighted by molar-refractivity contribution is 6.27. The van der Waals surface area contributed by atoms with E-state index < -0.39 is 5.60 Å². The van der Waals surface area contributed by atoms with Gasteiger partial charge in [-0.05, 0) is 41.0 Å². The molecule has 0 radical (unpaired) electrons. The zero-order valence-corrected chi connectivity index (χ0v) is 13.7. The van der Waals surface area contributed by atoms with Crippen LogP contribution in [0.1, 0.15) is 41.0 Å². The lowest BCUT2D eigenvalue weighted by Crippen LogP contribution is -2.47. The lowest BCUT2D eigenvalue weighted by Gasteiger charge is -2.32. The monoisotopic (exact) mass is 304 g/mol. The summed E-state index contributed by atoms with van der Waals surface area (Å²) in [7, 11) is 0. The van der Waals surface area contributed by atoms with Gasteiger partial charge >= 0.3 is 6.09 Å². The van der Waals surface area contributed by atoms with Crippen LogP contribution in [0.2, 0.25) is 0 Å². The quantitative estimate of drug-likeness (QED) is 0.753. The average Bonchev–Trinajstić information content (AvgIpc) is 2.75. The van der Waals surface area contributed by atoms with Gasteiger partial charge in [-0.2, -0.15) is 0 Å². The Bertz CT molecular complexity index is 366. The summed E-state index contributed by atoms with van der Waals surface area (Å²) in [5.74, 6) is -0.112. The molecular weight excluding hydrogens is 280 g/mol. The van der Waals surface area contributed by atoms with Crippen molar-refractivity contribution in [1.82, 2.24) is 9.80 Å². The maximum atomic E-state index is 12.0. The number of ether oxygens (including phenoxy) is 1. The molecule has 1 rings (SSSR count). The molecule has 1 aliphatic heterocycles. The first-order chi connectivity index (χ1) is 9.15. The fourth-order valence-electron chi connectivity index (χ4n) is 2.44. The zero-order valence-electron chi connectivity index (χ0n) is 13.0. The standard InChI is InChI=1S/C14H25ClN2O3/c1-10(2)17(12(18)8-15)11-6-7-16(9-11)13(19)20-14(3,4)5/h10-11H,6-9H2,1-5H3/t11-/m0/s1. The first kappa shape index (κ1) is 17.1. The summed E-state index contributed by atoms with van der Waals surface area (Å²) in [6.07, 6.45) is 0.446. The smallest absolute Gasteiger partial charge is 0.410 e. The molecule has 116 valence electrons. The van der Waals surface area contributed by atoms with Crippen molar-refractivity contribution in [2.75, 3.05) is 19.0 Å². The van der Waals surface area contributed by atoms with Gasteiger partial charge < -0.3 is 14.5 Å². The largest absolute Gasteiger partial charge is 0.444 e. The van der Waals surface area contributed by atoms with E-state index in [4.69, 9.17) is 16.3 Å². The summed E-state index contributed by atoms with van der Waals surface area (Å²) in [4.78, 5) is 27.4. The van der Waals surface area contributed by atoms with Crippen molar-refractivity contribution in [3.8, 4) is 0 Å². The van der Waals surface area contributed by atoms with E-state index in [0.29, 0.717) is 13.1 Å². The molecule has 0 bridgehead atoms. The fourth-order valence-corrected chi connectivity index (χ4v) is 2.58. The van der Waals surface area contributed by atoms with Gasteiger partial charge in [0.05, 0.1) is 6.04 Å². The Morgan fingerprint density at radius 1 is 1.40 bits per heavy atom. The van der Waals surface area contributed by atoms with Crippen LogP contribution in [0, 0.1) is 0 Å². The number of amides is 2. The van der Waals surface area contributed by atoms with E-state index in [2.05, 4.69) is 0 Å². The van der Waals surface area contributed by atoms with E-state index in [9.17, 15) is 9.59 Å². The molecule has 1 saturated heterocycles. The molecule has 1 aliphatic rings. The highest BCUT2D eigenvalue weighted by atomic mass is 35.5. The van der Waals surface area contributed by atoms with Crippen molar-refractivity contribution >= 4 is 23.6 Å². The van der Waals surface area contributed by atoms with Gasteiger partial charge in [0.1, 0.15) is 11.5 Å². The van der Waals surface area contributed by atoms with Gasteiger partial charge in [-0.1, -0.05) is 0 Å². The van der Waals surface area contributed by atoms with Crippen molar-refractivity contribution in [2.45, 2.75) is 58.7 Å². The summed E-state index contributed by atoms with van der Waals surface area (Å²) < 4.78 is 5.35. The minimum absolute atomic E-state index is 0.0220. The Morgan fingerprint density at radius 2 is 2.00 bits per heavy atom. The third-order valence-corrected chi connectivity index (χ3v) is 3.40. The summed E-state index contributed by atoms with van der Waals surface area (Å²) in [6.45, 7) is 10.6. The molecule has 0 unspecified atom stereocenters. The van der Waals surface area contributed by atoms with Crippen LogP contribution in [-0.4, -0.2) is 58.5 Å². The Labute approximate surface area is 126 Å². The van der Waals surface area contributed by atoms with Crippen molar-refractivity contribution in [3.63, 3.8) is 0 Å². The maximum Gasteiger partial charge on any atom is 0.410 e. The molecule has 0 aromatic heterocycles. The maximum absolute atomic E-state index is 12.0. The summed E-state index contributed by atoms with van der Waals surface area (Å²) in [6, 6.07) is 0.0959. The number of hydrogen-bond donors (Lipinski definition) is 0. The molecule has 20 heavy (non-hydrogen) atoms. The molecule has 0 aromatic carbocycles. The van der Waals surface area contributed by atoms with Crippen LogP contribution in [0.3, 0.4) is 0 Å². The third kappa shape index (κ3) is 4.54. The first-order valence-corrected chi connectivity index (χ1v) is 7.54. The van der Waals surface area contributed by atoms with Gasteiger partial charge in [-0.25, -0.2) is 4.79 Å². The van der Waals surface area contributed by atoms with Gasteiger partial charge in [-0.15, -0.1) is 11.6 Å². The second-order valence-electron chi connectivity index (χ2n) is 6.40. The lowest BCUT2D eigenvalue weighted by molar-refractivity contribution is -0.132. The van der Waals surface area contributed by atoms with Gasteiger partial charge in [0, 0.05) is 19.1 Å². The number of alkyl halides is 1. The highest BCUT2D eigenvalue weighted by Crippen LogP contribution is 2.21. The summed E-state index contributed by atoms with van der Waals surface area (Å²) in [5.41, 5.74) is -0.501. The Balaban J connectivity index is 2.66. The second kappa shape index (κ2) is 6.66. The molecular formula is C14H25ClN2O3. The normalized spacial score (nSPS) is 19.4. The van der Waals surface area contributed by atoms with E-state index in [0.717, 1.165) is 6.42 Å². The lowest BCUT2D eigenvalue weighted by atomic mass is 10.1. The number of halogens is 1. The summed E-state index contributed by atoms with van der Waals surface area (Å²) >= 11 is 5.66. The number of hydrogen-bond acceptors (Lipinski definition) is 3. The molecule has 0 aliphatic carbocycles. The van der Waals surface area contributed by atoms with Gasteiger partial charge in [0.2, 0.25) is 5.91 Å². The minimum atomic E-state index is -0.501. The molecule has 0 spiro atoms. The molecule has 6 heteroatoms. The second-order valence-corrected chi connectivity index (χ2v) is 6.66. The van der Waals surface area contributed by atoms with Crippen LogP contribution in [-0.2, 0) is 9.53 Å². The van der Waals surface area contributed by atoms with Crippen LogP contribution < -0.4 is 0 Å². The first-order valence-electron chi connectivity index (χ1n) is 7.00. The van der Waals surface area contributed by atoms with E-state index in [1.165, 1.54) is 0 Å². The highest BCUT2D eigenvalue weighted by Gasteiger charge is 2.35. The molecule has 1 fully saturated rings. The van der Waals surface area contributed by atoms with Gasteiger partial charge in [-0.3, -0.25) is 4.79 Å². The van der Waals surface area contributed by atoms with Crippen LogP contribution in [0.5, 0.6) is 0 Å². The van der Waals surface area contributed by atoms with Gasteiger partial charge in [0.15, 0.2) is 0 Å². The molecule has 0 aromatic rings. The topological polar surface area (TPSA) is 49.9 Å². The van der Waals surface area contributed by atoms with Crippen LogP contribution in [0.4, 0.5) is 4.79 Å². The predicted octanol–water partition coefficient (Wildman–Crippen LogP) is 2.47. The van der Waals surface area contributed by atoms with E-state index in [1.54, 1.807) is 9.80 Å². The van der Waals surface area contributed by atoms with Crippen molar-refractivity contribution < 1.29 is 14.3 Å². The fraction of sp³-hybridized carbons (Fsp3) is 0.857. The van der Waals surface area contributed by atoms with Gasteiger partial charge in [0.25, 0.3) is 0 Å². The van der Waals surface area contributed by atoms with Crippen molar-refractivity contribution in [3.05, 3.63) is 0 Å². The Hall–Kier alpha value is -0.970. The third-order valence-electron chi connectivity index (χ3n) is 3.17. The van der Waals surface area contributed by atoms with E-state index >= 15 is 0 Å². The number of likely N-dealkylation sites (tertiary alicyclic amines) is 1. The number of rotatable bonds is 3. The Kier molecular flexibility index (Phi) is 5.68. The molecule has 1 atom stereocenters. The molecule has 1 heterocycles. The van der Waals surface area contributed by atoms with Crippen LogP contribution >= 0.6 is 11.6 Å². The predicted molar refractivity (Wildman–Crippen MR) is 78.9 cm³/mol. The van der Waals surface area contributed by atoms with Crippen LogP contribution in [0.15, 0.2) is 0 Å². The average molecular weight is 305 g/mol. The number of carbonyl (C=O) groups excluding carboxylic acids is 2. The van der Waals surface area contributed by atoms with Crippen molar-refractivity contribution in [1.29, 1.82) is 0 Å². The van der Waals surface area contributed by atoms with E-state index in [-0.39, 0.29) is 30.0 Å². The molecule has 0 saturated carbocycles. The van der Waals surface area contributed by atoms with Crippen molar-refractivity contribution in [2.24, 2.45) is 0 Å². The zero-order chi connectivity index (χ0) is 15.5. The minimum Gasteiger partial charge on any atom is -0.444 e. The summed E-state index contributed by atoms with van der Waals surface area (Å²) in [5, 5.41) is 0. The number of carbonyl (C=O) groups is 2. The number of nitrogens with zero attached hydrogens (tertiary/aromatic N) is 2. The van der Waals surface area contributed by atoms with E-state index in [1.807, 2.05) is 34.6 Å². The SMILES string of the molecule is CC(C)N(C(=O)CCl)[C@H]1CCN(C(=O)OC(C)(C)C)C1. The molecule has 2 amide bonds. The molecule has 0 N–H and O–H groups in total.